The highest BCUT2D eigenvalue weighted by Crippen LogP contribution is 2.24. The first-order valence-electron chi connectivity index (χ1n) is 7.06. The average Bonchev–Trinajstić information content (AvgIpc) is 2.90. The van der Waals surface area contributed by atoms with Gasteiger partial charge in [-0.1, -0.05) is 29.4 Å². The Balaban J connectivity index is 1.71. The lowest BCUT2D eigenvalue weighted by Gasteiger charge is -2.10. The quantitative estimate of drug-likeness (QED) is 0.933. The van der Waals surface area contributed by atoms with Crippen molar-refractivity contribution in [2.75, 3.05) is 0 Å². The van der Waals surface area contributed by atoms with E-state index in [0.717, 1.165) is 42.6 Å². The molecule has 0 fully saturated rings. The van der Waals surface area contributed by atoms with Gasteiger partial charge in [0.2, 0.25) is 0 Å². The minimum atomic E-state index is -0.139. The van der Waals surface area contributed by atoms with Crippen LogP contribution < -0.4 is 5.32 Å². The maximum atomic E-state index is 12.2. The number of nitrogens with one attached hydrogen (secondary N) is 1. The van der Waals surface area contributed by atoms with E-state index in [1.165, 1.54) is 5.56 Å². The van der Waals surface area contributed by atoms with Crippen LogP contribution in [0.2, 0.25) is 0 Å². The number of aromatic nitrogens is 1. The minimum Gasteiger partial charge on any atom is -0.360 e. The molecule has 1 amide bonds. The molecule has 4 heteroatoms. The van der Waals surface area contributed by atoms with Gasteiger partial charge in [0.1, 0.15) is 5.76 Å². The monoisotopic (exact) mass is 270 g/mol. The van der Waals surface area contributed by atoms with E-state index in [4.69, 9.17) is 4.52 Å². The maximum Gasteiger partial charge on any atom is 0.274 e. The zero-order valence-electron chi connectivity index (χ0n) is 11.6. The summed E-state index contributed by atoms with van der Waals surface area (Å²) in [7, 11) is 0. The van der Waals surface area contributed by atoms with Gasteiger partial charge >= 0.3 is 0 Å². The Morgan fingerprint density at radius 3 is 2.95 bits per heavy atom. The standard InChI is InChI=1S/C16H18N2O2/c1-11-6-2-3-7-12(11)10-17-16(19)15-13-8-4-5-9-14(13)20-18-15/h2-3,6-7H,4-5,8-10H2,1H3,(H,17,19). The fourth-order valence-corrected chi connectivity index (χ4v) is 2.63. The molecule has 0 aliphatic heterocycles. The molecule has 0 unspecified atom stereocenters. The molecule has 0 bridgehead atoms. The fraction of sp³-hybridized carbons (Fsp3) is 0.375. The molecule has 1 aromatic carbocycles. The second kappa shape index (κ2) is 5.49. The van der Waals surface area contributed by atoms with Crippen molar-refractivity contribution in [3.8, 4) is 0 Å². The minimum absolute atomic E-state index is 0.139. The number of hydrogen-bond acceptors (Lipinski definition) is 3. The van der Waals surface area contributed by atoms with E-state index in [-0.39, 0.29) is 5.91 Å². The number of amides is 1. The van der Waals surface area contributed by atoms with E-state index < -0.39 is 0 Å². The number of benzene rings is 1. The van der Waals surface area contributed by atoms with Gasteiger partial charge in [-0.05, 0) is 37.3 Å². The van der Waals surface area contributed by atoms with Gasteiger partial charge in [-0.2, -0.15) is 0 Å². The van der Waals surface area contributed by atoms with E-state index in [1.54, 1.807) is 0 Å². The normalized spacial score (nSPS) is 13.8. The molecule has 3 rings (SSSR count). The molecule has 4 nitrogen and oxygen atoms in total. The van der Waals surface area contributed by atoms with Crippen molar-refractivity contribution in [3.05, 3.63) is 52.4 Å². The van der Waals surface area contributed by atoms with Crippen LogP contribution in [0.1, 0.15) is 45.8 Å². The molecule has 1 heterocycles. The second-order valence-corrected chi connectivity index (χ2v) is 5.25. The van der Waals surface area contributed by atoms with Gasteiger partial charge in [0.05, 0.1) is 0 Å². The zero-order valence-corrected chi connectivity index (χ0v) is 11.6. The predicted molar refractivity (Wildman–Crippen MR) is 75.5 cm³/mol. The number of hydrogen-bond donors (Lipinski definition) is 1. The van der Waals surface area contributed by atoms with Crippen molar-refractivity contribution < 1.29 is 9.32 Å². The summed E-state index contributed by atoms with van der Waals surface area (Å²) in [5.74, 6) is 0.748. The van der Waals surface area contributed by atoms with E-state index in [9.17, 15) is 4.79 Å². The van der Waals surface area contributed by atoms with Gasteiger partial charge in [-0.3, -0.25) is 4.79 Å². The molecule has 104 valence electrons. The van der Waals surface area contributed by atoms with Crippen molar-refractivity contribution in [1.82, 2.24) is 10.5 Å². The Kier molecular flexibility index (Phi) is 3.54. The number of carbonyl (C=O) groups is 1. The number of carbonyl (C=O) groups excluding carboxylic acids is 1. The maximum absolute atomic E-state index is 12.2. The summed E-state index contributed by atoms with van der Waals surface area (Å²) in [6.45, 7) is 2.56. The molecule has 1 aromatic heterocycles. The van der Waals surface area contributed by atoms with Gasteiger partial charge in [0.25, 0.3) is 5.91 Å². The molecule has 0 spiro atoms. The Morgan fingerprint density at radius 2 is 2.10 bits per heavy atom. The zero-order chi connectivity index (χ0) is 13.9. The van der Waals surface area contributed by atoms with Crippen molar-refractivity contribution in [2.24, 2.45) is 0 Å². The summed E-state index contributed by atoms with van der Waals surface area (Å²) < 4.78 is 5.27. The largest absolute Gasteiger partial charge is 0.360 e. The molecule has 0 saturated heterocycles. The first-order chi connectivity index (χ1) is 9.75. The molecular weight excluding hydrogens is 252 g/mol. The Labute approximate surface area is 118 Å². The SMILES string of the molecule is Cc1ccccc1CNC(=O)c1noc2c1CCCC2. The van der Waals surface area contributed by atoms with Crippen LogP contribution in [-0.2, 0) is 19.4 Å². The molecular formula is C16H18N2O2. The topological polar surface area (TPSA) is 55.1 Å². The van der Waals surface area contributed by atoms with Crippen LogP contribution in [0.3, 0.4) is 0 Å². The first-order valence-corrected chi connectivity index (χ1v) is 7.06. The first kappa shape index (κ1) is 12.9. The lowest BCUT2D eigenvalue weighted by atomic mass is 9.96. The summed E-state index contributed by atoms with van der Waals surface area (Å²) in [6, 6.07) is 8.04. The number of aryl methyl sites for hydroxylation is 2. The van der Waals surface area contributed by atoms with Gasteiger partial charge < -0.3 is 9.84 Å². The van der Waals surface area contributed by atoms with Crippen LogP contribution in [0.5, 0.6) is 0 Å². The van der Waals surface area contributed by atoms with Gasteiger partial charge in [-0.25, -0.2) is 0 Å². The second-order valence-electron chi connectivity index (χ2n) is 5.25. The summed E-state index contributed by atoms with van der Waals surface area (Å²) in [4.78, 5) is 12.2. The molecule has 0 saturated carbocycles. The Morgan fingerprint density at radius 1 is 1.30 bits per heavy atom. The molecule has 1 N–H and O–H groups in total. The third-order valence-corrected chi connectivity index (χ3v) is 3.87. The predicted octanol–water partition coefficient (Wildman–Crippen LogP) is 2.79. The van der Waals surface area contributed by atoms with E-state index in [2.05, 4.69) is 10.5 Å². The van der Waals surface area contributed by atoms with Crippen LogP contribution in [0.25, 0.3) is 0 Å². The molecule has 1 aliphatic rings. The van der Waals surface area contributed by atoms with Crippen molar-refractivity contribution in [3.63, 3.8) is 0 Å². The number of nitrogens with zero attached hydrogens (tertiary/aromatic N) is 1. The van der Waals surface area contributed by atoms with Gasteiger partial charge in [0, 0.05) is 18.5 Å². The highest BCUT2D eigenvalue weighted by Gasteiger charge is 2.23. The molecule has 2 aromatic rings. The molecule has 1 aliphatic carbocycles. The van der Waals surface area contributed by atoms with Crippen molar-refractivity contribution in [2.45, 2.75) is 39.2 Å². The van der Waals surface area contributed by atoms with Crippen LogP contribution in [-0.4, -0.2) is 11.1 Å². The lowest BCUT2D eigenvalue weighted by molar-refractivity contribution is 0.0941. The smallest absolute Gasteiger partial charge is 0.274 e. The van der Waals surface area contributed by atoms with Crippen LogP contribution in [0.15, 0.2) is 28.8 Å². The van der Waals surface area contributed by atoms with Gasteiger partial charge in [0.15, 0.2) is 5.69 Å². The summed E-state index contributed by atoms with van der Waals surface area (Å²) in [6.07, 6.45) is 4.01. The summed E-state index contributed by atoms with van der Waals surface area (Å²) in [5, 5.41) is 6.88. The molecule has 20 heavy (non-hydrogen) atoms. The van der Waals surface area contributed by atoms with E-state index >= 15 is 0 Å². The third kappa shape index (κ3) is 2.46. The van der Waals surface area contributed by atoms with E-state index in [0.29, 0.717) is 12.2 Å². The Bertz CT molecular complexity index is 631. The Hall–Kier alpha value is -2.10. The van der Waals surface area contributed by atoms with Crippen molar-refractivity contribution in [1.29, 1.82) is 0 Å². The number of fused-ring (bicyclic) bond motifs is 1. The van der Waals surface area contributed by atoms with Crippen molar-refractivity contribution >= 4 is 5.91 Å². The highest BCUT2D eigenvalue weighted by molar-refractivity contribution is 5.93. The molecule has 0 atom stereocenters. The number of rotatable bonds is 3. The van der Waals surface area contributed by atoms with E-state index in [1.807, 2.05) is 31.2 Å². The summed E-state index contributed by atoms with van der Waals surface area (Å²) in [5.41, 5.74) is 3.76. The lowest BCUT2D eigenvalue weighted by Crippen LogP contribution is -2.25. The molecule has 0 radical (unpaired) electrons. The fourth-order valence-electron chi connectivity index (χ4n) is 2.63. The van der Waals surface area contributed by atoms with Crippen LogP contribution in [0, 0.1) is 6.92 Å². The third-order valence-electron chi connectivity index (χ3n) is 3.87. The van der Waals surface area contributed by atoms with Crippen LogP contribution in [0.4, 0.5) is 0 Å². The highest BCUT2D eigenvalue weighted by atomic mass is 16.5. The average molecular weight is 270 g/mol. The van der Waals surface area contributed by atoms with Gasteiger partial charge in [-0.15, -0.1) is 0 Å². The van der Waals surface area contributed by atoms with Crippen LogP contribution >= 0.6 is 0 Å². The summed E-state index contributed by atoms with van der Waals surface area (Å²) >= 11 is 0.